The van der Waals surface area contributed by atoms with Gasteiger partial charge in [0.05, 0.1) is 6.54 Å². The molecule has 4 N–H and O–H groups in total. The Hall–Kier alpha value is -2.05. The van der Waals surface area contributed by atoms with Gasteiger partial charge in [-0.3, -0.25) is 14.6 Å². The first-order valence-corrected chi connectivity index (χ1v) is 3.98. The van der Waals surface area contributed by atoms with Gasteiger partial charge in [-0.1, -0.05) is 0 Å². The molecule has 1 aromatic rings. The summed E-state index contributed by atoms with van der Waals surface area (Å²) in [5.41, 5.74) is 5.09. The molecule has 1 aliphatic rings. The quantitative estimate of drug-likeness (QED) is 0.479. The number of carbonyl (C=O) groups is 1. The van der Waals surface area contributed by atoms with Crippen molar-refractivity contribution in [1.82, 2.24) is 9.97 Å². The van der Waals surface area contributed by atoms with Crippen LogP contribution in [0.25, 0.3) is 0 Å². The summed E-state index contributed by atoms with van der Waals surface area (Å²) in [4.78, 5) is 30.3. The lowest BCUT2D eigenvalue weighted by atomic mass is 10.3. The molecule has 0 aliphatic carbocycles. The minimum atomic E-state index is -0.438. The minimum absolute atomic E-state index is 0.0387. The third-order valence-corrected chi connectivity index (χ3v) is 1.93. The number of fused-ring (bicyclic) bond motifs is 1. The van der Waals surface area contributed by atoms with Gasteiger partial charge in [-0.15, -0.1) is 0 Å². The van der Waals surface area contributed by atoms with Crippen molar-refractivity contribution in [1.29, 1.82) is 0 Å². The second-order valence-electron chi connectivity index (χ2n) is 3.05. The van der Waals surface area contributed by atoms with Gasteiger partial charge in [-0.2, -0.15) is 4.98 Å². The third kappa shape index (κ3) is 1.18. The summed E-state index contributed by atoms with van der Waals surface area (Å²) in [7, 11) is 1.67. The van der Waals surface area contributed by atoms with Gasteiger partial charge in [0.15, 0.2) is 11.5 Å². The Balaban J connectivity index is 2.64. The fourth-order valence-electron chi connectivity index (χ4n) is 1.34. The zero-order chi connectivity index (χ0) is 10.3. The Morgan fingerprint density at radius 1 is 1.50 bits per heavy atom. The lowest BCUT2D eigenvalue weighted by molar-refractivity contribution is -0.115. The molecule has 1 aliphatic heterocycles. The molecule has 1 aromatic heterocycles. The number of nitrogens with two attached hydrogens (primary N) is 1. The molecule has 7 heteroatoms. The fourth-order valence-corrected chi connectivity index (χ4v) is 1.34. The van der Waals surface area contributed by atoms with Gasteiger partial charge in [0.25, 0.3) is 5.56 Å². The predicted octanol–water partition coefficient (Wildman–Crippen LogP) is -1.26. The molecule has 14 heavy (non-hydrogen) atoms. The SMILES string of the molecule is CN1CC(=O)Nc2c1nc(N)[nH]c2=O. The van der Waals surface area contributed by atoms with E-state index in [2.05, 4.69) is 15.3 Å². The number of hydrogen-bond acceptors (Lipinski definition) is 5. The Kier molecular flexibility index (Phi) is 1.66. The van der Waals surface area contributed by atoms with Gasteiger partial charge in [-0.25, -0.2) is 0 Å². The van der Waals surface area contributed by atoms with Crippen molar-refractivity contribution >= 4 is 23.4 Å². The molecule has 74 valence electrons. The van der Waals surface area contributed by atoms with E-state index in [9.17, 15) is 9.59 Å². The van der Waals surface area contributed by atoms with Crippen LogP contribution in [0.2, 0.25) is 0 Å². The molecule has 2 rings (SSSR count). The molecular weight excluding hydrogens is 186 g/mol. The molecule has 0 spiro atoms. The molecular formula is C7H9N5O2. The van der Waals surface area contributed by atoms with E-state index in [0.29, 0.717) is 5.82 Å². The van der Waals surface area contributed by atoms with Crippen LogP contribution in [-0.2, 0) is 4.79 Å². The van der Waals surface area contributed by atoms with Crippen molar-refractivity contribution in [3.63, 3.8) is 0 Å². The maximum Gasteiger partial charge on any atom is 0.278 e. The van der Waals surface area contributed by atoms with Crippen LogP contribution in [0, 0.1) is 0 Å². The summed E-state index contributed by atoms with van der Waals surface area (Å²) >= 11 is 0. The average molecular weight is 195 g/mol. The summed E-state index contributed by atoms with van der Waals surface area (Å²) in [6, 6.07) is 0. The summed E-state index contributed by atoms with van der Waals surface area (Å²) < 4.78 is 0. The van der Waals surface area contributed by atoms with Crippen molar-refractivity contribution in [3.05, 3.63) is 10.4 Å². The van der Waals surface area contributed by atoms with Crippen LogP contribution in [0.3, 0.4) is 0 Å². The third-order valence-electron chi connectivity index (χ3n) is 1.93. The first kappa shape index (κ1) is 8.54. The maximum atomic E-state index is 11.4. The molecule has 0 saturated carbocycles. The first-order chi connectivity index (χ1) is 6.58. The number of amides is 1. The minimum Gasteiger partial charge on any atom is -0.369 e. The summed E-state index contributed by atoms with van der Waals surface area (Å²) in [6.45, 7) is 0.170. The lowest BCUT2D eigenvalue weighted by Gasteiger charge is -2.24. The molecule has 2 heterocycles. The molecule has 0 fully saturated rings. The molecule has 7 nitrogen and oxygen atoms in total. The first-order valence-electron chi connectivity index (χ1n) is 3.98. The van der Waals surface area contributed by atoms with Gasteiger partial charge in [0.1, 0.15) is 0 Å². The number of hydrogen-bond donors (Lipinski definition) is 3. The van der Waals surface area contributed by atoms with Crippen LogP contribution in [-0.4, -0.2) is 29.5 Å². The fraction of sp³-hybridized carbons (Fsp3) is 0.286. The van der Waals surface area contributed by atoms with E-state index in [1.807, 2.05) is 0 Å². The number of H-pyrrole nitrogens is 1. The van der Waals surface area contributed by atoms with E-state index in [4.69, 9.17) is 5.73 Å². The van der Waals surface area contributed by atoms with Crippen molar-refractivity contribution in [2.24, 2.45) is 0 Å². The molecule has 0 bridgehead atoms. The van der Waals surface area contributed by atoms with E-state index in [1.54, 1.807) is 11.9 Å². The van der Waals surface area contributed by atoms with Crippen molar-refractivity contribution in [2.45, 2.75) is 0 Å². The zero-order valence-electron chi connectivity index (χ0n) is 7.50. The van der Waals surface area contributed by atoms with Gasteiger partial charge in [0, 0.05) is 7.05 Å². The van der Waals surface area contributed by atoms with Crippen LogP contribution >= 0.6 is 0 Å². The van der Waals surface area contributed by atoms with E-state index >= 15 is 0 Å². The highest BCUT2D eigenvalue weighted by Gasteiger charge is 2.23. The number of rotatable bonds is 0. The number of nitrogen functional groups attached to an aromatic ring is 1. The Morgan fingerprint density at radius 2 is 2.21 bits per heavy atom. The van der Waals surface area contributed by atoms with Crippen LogP contribution in [0.15, 0.2) is 4.79 Å². The van der Waals surface area contributed by atoms with E-state index in [1.165, 1.54) is 0 Å². The zero-order valence-corrected chi connectivity index (χ0v) is 7.50. The highest BCUT2D eigenvalue weighted by Crippen LogP contribution is 2.21. The standard InChI is InChI=1S/C7H9N5O2/c1-12-2-3(13)9-4-5(12)10-7(8)11-6(4)14/h2H2,1H3,(H,9,13)(H3,8,10,11,14). The highest BCUT2D eigenvalue weighted by molar-refractivity contribution is 5.99. The van der Waals surface area contributed by atoms with Crippen LogP contribution in [0.4, 0.5) is 17.5 Å². The van der Waals surface area contributed by atoms with Gasteiger partial charge < -0.3 is 16.0 Å². The highest BCUT2D eigenvalue weighted by atomic mass is 16.2. The normalized spacial score (nSPS) is 14.9. The largest absolute Gasteiger partial charge is 0.369 e. The number of nitrogens with one attached hydrogen (secondary N) is 2. The van der Waals surface area contributed by atoms with E-state index in [-0.39, 0.29) is 24.1 Å². The van der Waals surface area contributed by atoms with Crippen molar-refractivity contribution in [3.8, 4) is 0 Å². The van der Waals surface area contributed by atoms with Gasteiger partial charge in [0.2, 0.25) is 11.9 Å². The monoisotopic (exact) mass is 195 g/mol. The van der Waals surface area contributed by atoms with Gasteiger partial charge >= 0.3 is 0 Å². The number of aromatic nitrogens is 2. The second kappa shape index (κ2) is 2.72. The van der Waals surface area contributed by atoms with Crippen LogP contribution in [0.5, 0.6) is 0 Å². The van der Waals surface area contributed by atoms with Crippen LogP contribution < -0.4 is 21.5 Å². The molecule has 0 radical (unpaired) electrons. The van der Waals surface area contributed by atoms with E-state index < -0.39 is 5.56 Å². The number of anilines is 3. The lowest BCUT2D eigenvalue weighted by Crippen LogP contribution is -2.39. The summed E-state index contributed by atoms with van der Waals surface area (Å²) in [5.74, 6) is 0.194. The van der Waals surface area contributed by atoms with E-state index in [0.717, 1.165) is 0 Å². The summed E-state index contributed by atoms with van der Waals surface area (Å²) in [6.07, 6.45) is 0. The Morgan fingerprint density at radius 3 is 2.93 bits per heavy atom. The van der Waals surface area contributed by atoms with Crippen molar-refractivity contribution < 1.29 is 4.79 Å². The topological polar surface area (TPSA) is 104 Å². The molecule has 1 amide bonds. The smallest absolute Gasteiger partial charge is 0.278 e. The maximum absolute atomic E-state index is 11.4. The van der Waals surface area contributed by atoms with Crippen LogP contribution in [0.1, 0.15) is 0 Å². The Labute approximate surface area is 78.9 Å². The number of likely N-dealkylation sites (N-methyl/N-ethyl adjacent to an activating group) is 1. The molecule has 0 aromatic carbocycles. The number of carbonyl (C=O) groups excluding carboxylic acids is 1. The van der Waals surface area contributed by atoms with Crippen molar-refractivity contribution in [2.75, 3.05) is 29.5 Å². The molecule has 0 atom stereocenters. The van der Waals surface area contributed by atoms with Gasteiger partial charge in [-0.05, 0) is 0 Å². The number of nitrogens with zero attached hydrogens (tertiary/aromatic N) is 2. The number of aromatic amines is 1. The summed E-state index contributed by atoms with van der Waals surface area (Å²) in [5, 5.41) is 2.44. The predicted molar refractivity (Wildman–Crippen MR) is 51.2 cm³/mol. The second-order valence-corrected chi connectivity index (χ2v) is 3.05. The molecule has 0 saturated heterocycles. The Bertz CT molecular complexity index is 452. The molecule has 0 unspecified atom stereocenters. The average Bonchev–Trinajstić information content (AvgIpc) is 2.07.